The molecule has 0 aliphatic rings. The summed E-state index contributed by atoms with van der Waals surface area (Å²) in [5, 5.41) is 2.04. The second-order valence-electron chi connectivity index (χ2n) is 7.40. The molecule has 0 aliphatic carbocycles. The molecule has 0 aliphatic heterocycles. The van der Waals surface area contributed by atoms with Gasteiger partial charge in [-0.05, 0) is 50.2 Å². The molecule has 0 radical (unpaired) electrons. The van der Waals surface area contributed by atoms with Gasteiger partial charge in [-0.3, -0.25) is 0 Å². The molecule has 0 atom stereocenters. The molecule has 13 heteroatoms. The van der Waals surface area contributed by atoms with Crippen LogP contribution in [0.5, 0.6) is 23.0 Å². The van der Waals surface area contributed by atoms with Gasteiger partial charge in [-0.1, -0.05) is 0 Å². The number of halogens is 1. The molecule has 0 unspecified atom stereocenters. The zero-order valence-electron chi connectivity index (χ0n) is 21.7. The van der Waals surface area contributed by atoms with Crippen molar-refractivity contribution in [3.8, 4) is 23.0 Å². The predicted molar refractivity (Wildman–Crippen MR) is 150 cm³/mol. The van der Waals surface area contributed by atoms with E-state index in [0.29, 0.717) is 47.3 Å². The van der Waals surface area contributed by atoms with E-state index in [9.17, 15) is 16.8 Å². The van der Waals surface area contributed by atoms with Crippen molar-refractivity contribution < 1.29 is 35.8 Å². The van der Waals surface area contributed by atoms with Crippen molar-refractivity contribution in [1.29, 1.82) is 0 Å². The van der Waals surface area contributed by atoms with Crippen LogP contribution in [0.1, 0.15) is 25.0 Å². The van der Waals surface area contributed by atoms with E-state index in [1.54, 1.807) is 36.4 Å². The Balaban J connectivity index is 0.000000682. The SMILES string of the molecule is CCOc1cc(C(N)=CS(C)(=O)=O)ccc1OC.CCOc1cc(C(N)=CS(C)(=O)=O)ccc1OC.Cl. The number of methoxy groups -OCH3 is 2. The summed E-state index contributed by atoms with van der Waals surface area (Å²) >= 11 is 0. The lowest BCUT2D eigenvalue weighted by molar-refractivity contribution is 0.311. The number of benzene rings is 2. The van der Waals surface area contributed by atoms with Crippen molar-refractivity contribution >= 4 is 43.5 Å². The van der Waals surface area contributed by atoms with Gasteiger partial charge in [-0.15, -0.1) is 12.4 Å². The van der Waals surface area contributed by atoms with Gasteiger partial charge in [0.1, 0.15) is 0 Å². The second kappa shape index (κ2) is 15.2. The lowest BCUT2D eigenvalue weighted by atomic mass is 10.1. The van der Waals surface area contributed by atoms with Gasteiger partial charge in [0.25, 0.3) is 0 Å². The van der Waals surface area contributed by atoms with E-state index in [2.05, 4.69) is 0 Å². The quantitative estimate of drug-likeness (QED) is 0.429. The molecule has 37 heavy (non-hydrogen) atoms. The fourth-order valence-corrected chi connectivity index (χ4v) is 4.04. The summed E-state index contributed by atoms with van der Waals surface area (Å²) in [5.74, 6) is 2.21. The predicted octanol–water partition coefficient (Wildman–Crippen LogP) is 3.21. The molecule has 0 aromatic heterocycles. The van der Waals surface area contributed by atoms with E-state index < -0.39 is 19.7 Å². The molecular weight excluding hydrogens is 544 g/mol. The fourth-order valence-electron chi connectivity index (χ4n) is 2.85. The molecule has 0 bridgehead atoms. The molecule has 2 rings (SSSR count). The second-order valence-corrected chi connectivity index (χ2v) is 11.2. The van der Waals surface area contributed by atoms with E-state index >= 15 is 0 Å². The van der Waals surface area contributed by atoms with Gasteiger partial charge >= 0.3 is 0 Å². The standard InChI is InChI=1S/2C12H17NO4S.ClH/c2*1-4-17-12-7-9(5-6-11(12)16-2)10(13)8-18(3,14)15;/h2*5-8H,4,13H2,1-3H3;1H. The average molecular weight is 579 g/mol. The molecule has 10 nitrogen and oxygen atoms in total. The summed E-state index contributed by atoms with van der Waals surface area (Å²) in [6.45, 7) is 4.66. The zero-order chi connectivity index (χ0) is 27.5. The summed E-state index contributed by atoms with van der Waals surface area (Å²) in [6, 6.07) is 10.0. The van der Waals surface area contributed by atoms with Gasteiger partial charge in [0, 0.05) is 23.6 Å². The molecule has 2 aromatic rings. The first-order valence-electron chi connectivity index (χ1n) is 10.7. The number of sulfone groups is 2. The van der Waals surface area contributed by atoms with Gasteiger partial charge < -0.3 is 30.4 Å². The third-order valence-electron chi connectivity index (χ3n) is 4.28. The maximum absolute atomic E-state index is 11.1. The Morgan fingerprint density at radius 3 is 1.27 bits per heavy atom. The average Bonchev–Trinajstić information content (AvgIpc) is 2.77. The Morgan fingerprint density at radius 2 is 1.03 bits per heavy atom. The number of hydrogen-bond donors (Lipinski definition) is 2. The summed E-state index contributed by atoms with van der Waals surface area (Å²) in [5.41, 5.74) is 12.9. The van der Waals surface area contributed by atoms with Gasteiger partial charge in [0.05, 0.1) is 49.6 Å². The molecule has 0 fully saturated rings. The van der Waals surface area contributed by atoms with E-state index in [1.165, 1.54) is 14.2 Å². The molecular formula is C24H35ClN2O8S2. The molecule has 2 aromatic carbocycles. The van der Waals surface area contributed by atoms with Crippen LogP contribution in [0.25, 0.3) is 11.4 Å². The van der Waals surface area contributed by atoms with Crippen molar-refractivity contribution in [3.05, 3.63) is 58.3 Å². The highest BCUT2D eigenvalue weighted by atomic mass is 35.5. The molecule has 0 amide bonds. The number of nitrogens with two attached hydrogens (primary N) is 2. The molecule has 0 spiro atoms. The van der Waals surface area contributed by atoms with Crippen molar-refractivity contribution in [2.45, 2.75) is 13.8 Å². The number of ether oxygens (including phenoxy) is 4. The minimum atomic E-state index is -3.27. The summed E-state index contributed by atoms with van der Waals surface area (Å²) < 4.78 is 65.6. The topological polar surface area (TPSA) is 157 Å². The first kappa shape index (κ1) is 33.9. The lowest BCUT2D eigenvalue weighted by Crippen LogP contribution is -2.02. The van der Waals surface area contributed by atoms with Crippen molar-refractivity contribution in [2.24, 2.45) is 11.5 Å². The zero-order valence-corrected chi connectivity index (χ0v) is 24.1. The van der Waals surface area contributed by atoms with Gasteiger partial charge in [-0.25, -0.2) is 16.8 Å². The third-order valence-corrected chi connectivity index (χ3v) is 5.64. The van der Waals surface area contributed by atoms with Crippen LogP contribution < -0.4 is 30.4 Å². The Hall–Kier alpha value is -3.09. The largest absolute Gasteiger partial charge is 0.493 e. The molecule has 0 heterocycles. The molecule has 4 N–H and O–H groups in total. The maximum Gasteiger partial charge on any atom is 0.170 e. The van der Waals surface area contributed by atoms with Crippen LogP contribution in [0.3, 0.4) is 0 Å². The molecule has 0 saturated carbocycles. The van der Waals surface area contributed by atoms with Crippen LogP contribution in [-0.2, 0) is 19.7 Å². The third kappa shape index (κ3) is 12.1. The van der Waals surface area contributed by atoms with Crippen molar-refractivity contribution in [3.63, 3.8) is 0 Å². The smallest absolute Gasteiger partial charge is 0.170 e. The minimum Gasteiger partial charge on any atom is -0.493 e. The van der Waals surface area contributed by atoms with E-state index in [1.807, 2.05) is 13.8 Å². The number of rotatable bonds is 10. The Kier molecular flexibility index (Phi) is 14.0. The first-order chi connectivity index (χ1) is 16.7. The maximum atomic E-state index is 11.1. The monoisotopic (exact) mass is 578 g/mol. The van der Waals surface area contributed by atoms with Crippen molar-refractivity contribution in [1.82, 2.24) is 0 Å². The van der Waals surface area contributed by atoms with Crippen LogP contribution in [-0.4, -0.2) is 56.8 Å². The number of hydrogen-bond acceptors (Lipinski definition) is 10. The Labute approximate surface area is 225 Å². The van der Waals surface area contributed by atoms with Gasteiger partial charge in [0.2, 0.25) is 0 Å². The Morgan fingerprint density at radius 1 is 0.703 bits per heavy atom. The van der Waals surface area contributed by atoms with Gasteiger partial charge in [-0.2, -0.15) is 0 Å². The van der Waals surface area contributed by atoms with E-state index in [-0.39, 0.29) is 23.8 Å². The van der Waals surface area contributed by atoms with Gasteiger partial charge in [0.15, 0.2) is 42.7 Å². The minimum absolute atomic E-state index is 0. The normalized spacial score (nSPS) is 11.9. The summed E-state index contributed by atoms with van der Waals surface area (Å²) in [4.78, 5) is 0. The highest BCUT2D eigenvalue weighted by Gasteiger charge is 2.09. The molecule has 0 saturated heterocycles. The van der Waals surface area contributed by atoms with Crippen molar-refractivity contribution in [2.75, 3.05) is 39.9 Å². The highest BCUT2D eigenvalue weighted by molar-refractivity contribution is 7.94. The van der Waals surface area contributed by atoms with Crippen LogP contribution in [0, 0.1) is 0 Å². The Bertz CT molecular complexity index is 1210. The van der Waals surface area contributed by atoms with E-state index in [4.69, 9.17) is 30.4 Å². The van der Waals surface area contributed by atoms with E-state index in [0.717, 1.165) is 23.3 Å². The fraction of sp³-hybridized carbons (Fsp3) is 0.333. The highest BCUT2D eigenvalue weighted by Crippen LogP contribution is 2.30. The summed E-state index contributed by atoms with van der Waals surface area (Å²) in [7, 11) is -3.47. The van der Waals surface area contributed by atoms with Crippen LogP contribution in [0.15, 0.2) is 47.2 Å². The first-order valence-corrected chi connectivity index (χ1v) is 14.6. The lowest BCUT2D eigenvalue weighted by Gasteiger charge is -2.11. The molecule has 208 valence electrons. The van der Waals surface area contributed by atoms with Crippen LogP contribution in [0.4, 0.5) is 0 Å². The van der Waals surface area contributed by atoms with Crippen LogP contribution >= 0.6 is 12.4 Å². The summed E-state index contributed by atoms with van der Waals surface area (Å²) in [6.07, 6.45) is 2.18. The van der Waals surface area contributed by atoms with Crippen LogP contribution in [0.2, 0.25) is 0 Å².